The van der Waals surface area contributed by atoms with Crippen LogP contribution in [-0.2, 0) is 0 Å². The molecule has 4 rings (SSSR count). The van der Waals surface area contributed by atoms with Crippen molar-refractivity contribution in [1.82, 2.24) is 9.80 Å². The van der Waals surface area contributed by atoms with Gasteiger partial charge in [0.2, 0.25) is 0 Å². The molecule has 0 aromatic carbocycles. The van der Waals surface area contributed by atoms with E-state index in [1.165, 1.54) is 6.42 Å². The van der Waals surface area contributed by atoms with Gasteiger partial charge in [0.15, 0.2) is 0 Å². The highest BCUT2D eigenvalue weighted by molar-refractivity contribution is 5.32. The standard InChI is InChI=1S/C19H22N4/c1-11(22-15(9-20)6-14-7-18(14)22)4-5-12(2)23-16(10-21)8-17-13(3)19(17)23/h4-5,13-19H,1-2,6-8H2,3H3/b5-4+. The molecule has 0 spiro atoms. The van der Waals surface area contributed by atoms with Crippen molar-refractivity contribution >= 4 is 0 Å². The third-order valence-corrected chi connectivity index (χ3v) is 6.20. The molecule has 4 heteroatoms. The van der Waals surface area contributed by atoms with E-state index in [9.17, 15) is 10.5 Å². The average Bonchev–Trinajstić information content (AvgIpc) is 3.33. The van der Waals surface area contributed by atoms with Crippen LogP contribution in [0.3, 0.4) is 0 Å². The van der Waals surface area contributed by atoms with Crippen LogP contribution in [0.4, 0.5) is 0 Å². The SMILES string of the molecule is C=C(/C=C/C(=C)N1C(C#N)CC2C(C)C21)N1C(C#N)CC2CC21. The van der Waals surface area contributed by atoms with Gasteiger partial charge >= 0.3 is 0 Å². The number of hydrogen-bond acceptors (Lipinski definition) is 4. The summed E-state index contributed by atoms with van der Waals surface area (Å²) in [6, 6.07) is 5.71. The second kappa shape index (κ2) is 4.90. The highest BCUT2D eigenvalue weighted by atomic mass is 15.3. The number of rotatable bonds is 4. The Morgan fingerprint density at radius 3 is 2.26 bits per heavy atom. The van der Waals surface area contributed by atoms with Gasteiger partial charge < -0.3 is 9.80 Å². The van der Waals surface area contributed by atoms with Gasteiger partial charge in [-0.05, 0) is 49.2 Å². The topological polar surface area (TPSA) is 54.1 Å². The van der Waals surface area contributed by atoms with Crippen LogP contribution in [-0.4, -0.2) is 34.0 Å². The molecule has 0 amide bonds. The van der Waals surface area contributed by atoms with E-state index in [1.54, 1.807) is 0 Å². The molecule has 2 aliphatic heterocycles. The second-order valence-electron chi connectivity index (χ2n) is 7.47. The van der Waals surface area contributed by atoms with Crippen molar-refractivity contribution < 1.29 is 0 Å². The van der Waals surface area contributed by atoms with Gasteiger partial charge in [0.25, 0.3) is 0 Å². The summed E-state index contributed by atoms with van der Waals surface area (Å²) in [6.07, 6.45) is 7.07. The van der Waals surface area contributed by atoms with Gasteiger partial charge in [0, 0.05) is 23.5 Å². The molecule has 2 heterocycles. The van der Waals surface area contributed by atoms with Gasteiger partial charge in [-0.25, -0.2) is 0 Å². The lowest BCUT2D eigenvalue weighted by atomic mass is 10.1. The van der Waals surface area contributed by atoms with Crippen molar-refractivity contribution in [3.8, 4) is 12.1 Å². The van der Waals surface area contributed by atoms with Gasteiger partial charge in [-0.15, -0.1) is 0 Å². The summed E-state index contributed by atoms with van der Waals surface area (Å²) in [6.45, 7) is 10.6. The van der Waals surface area contributed by atoms with E-state index < -0.39 is 0 Å². The van der Waals surface area contributed by atoms with Crippen molar-refractivity contribution in [3.63, 3.8) is 0 Å². The molecule has 2 saturated heterocycles. The smallest absolute Gasteiger partial charge is 0.117 e. The molecular formula is C19H22N4. The first-order valence-corrected chi connectivity index (χ1v) is 8.48. The fourth-order valence-corrected chi connectivity index (χ4v) is 4.77. The van der Waals surface area contributed by atoms with E-state index >= 15 is 0 Å². The molecule has 2 saturated carbocycles. The molecule has 0 N–H and O–H groups in total. The molecule has 4 fully saturated rings. The van der Waals surface area contributed by atoms with E-state index in [-0.39, 0.29) is 12.1 Å². The summed E-state index contributed by atoms with van der Waals surface area (Å²) in [5.41, 5.74) is 1.80. The Morgan fingerprint density at radius 1 is 1.00 bits per heavy atom. The number of hydrogen-bond donors (Lipinski definition) is 0. The van der Waals surface area contributed by atoms with Crippen LogP contribution >= 0.6 is 0 Å². The van der Waals surface area contributed by atoms with Crippen LogP contribution in [0.25, 0.3) is 0 Å². The minimum Gasteiger partial charge on any atom is -0.353 e. The monoisotopic (exact) mass is 306 g/mol. The molecule has 2 aliphatic carbocycles. The van der Waals surface area contributed by atoms with Crippen LogP contribution in [0.15, 0.2) is 36.7 Å². The maximum atomic E-state index is 9.35. The molecule has 0 bridgehead atoms. The second-order valence-corrected chi connectivity index (χ2v) is 7.47. The molecule has 4 aliphatic rings. The van der Waals surface area contributed by atoms with Crippen LogP contribution < -0.4 is 0 Å². The Hall–Kier alpha value is -2.20. The van der Waals surface area contributed by atoms with Crippen LogP contribution in [0.5, 0.6) is 0 Å². The zero-order valence-corrected chi connectivity index (χ0v) is 13.5. The molecule has 7 unspecified atom stereocenters. The molecule has 0 radical (unpaired) electrons. The van der Waals surface area contributed by atoms with Gasteiger partial charge in [-0.2, -0.15) is 10.5 Å². The van der Waals surface area contributed by atoms with Crippen molar-refractivity contribution in [2.24, 2.45) is 17.8 Å². The minimum absolute atomic E-state index is 0.0318. The van der Waals surface area contributed by atoms with Crippen LogP contribution in [0, 0.1) is 40.4 Å². The van der Waals surface area contributed by atoms with Gasteiger partial charge in [0.05, 0.1) is 12.1 Å². The Kier molecular flexibility index (Phi) is 3.07. The molecular weight excluding hydrogens is 284 g/mol. The lowest BCUT2D eigenvalue weighted by molar-refractivity contribution is 0.314. The number of nitriles is 2. The predicted molar refractivity (Wildman–Crippen MR) is 87.5 cm³/mol. The van der Waals surface area contributed by atoms with E-state index in [0.29, 0.717) is 29.8 Å². The lowest BCUT2D eigenvalue weighted by Crippen LogP contribution is -2.32. The van der Waals surface area contributed by atoms with E-state index in [2.05, 4.69) is 42.0 Å². The summed E-state index contributed by atoms with van der Waals surface area (Å²) in [5, 5.41) is 18.6. The van der Waals surface area contributed by atoms with Crippen LogP contribution in [0.2, 0.25) is 0 Å². The molecule has 0 aromatic rings. The lowest BCUT2D eigenvalue weighted by Gasteiger charge is -2.28. The average molecular weight is 306 g/mol. The normalized spacial score (nSPS) is 42.8. The molecule has 0 aromatic heterocycles. The Bertz CT molecular complexity index is 678. The zero-order chi connectivity index (χ0) is 16.3. The quantitative estimate of drug-likeness (QED) is 0.749. The van der Waals surface area contributed by atoms with E-state index in [4.69, 9.17) is 0 Å². The first kappa shape index (κ1) is 14.4. The predicted octanol–water partition coefficient (Wildman–Crippen LogP) is 2.79. The van der Waals surface area contributed by atoms with Crippen molar-refractivity contribution in [2.75, 3.05) is 0 Å². The zero-order valence-electron chi connectivity index (χ0n) is 13.5. The summed E-state index contributed by atoms with van der Waals surface area (Å²) in [4.78, 5) is 4.35. The fourth-order valence-electron chi connectivity index (χ4n) is 4.77. The first-order chi connectivity index (χ1) is 11.1. The molecule has 23 heavy (non-hydrogen) atoms. The maximum absolute atomic E-state index is 9.35. The van der Waals surface area contributed by atoms with Gasteiger partial charge in [-0.3, -0.25) is 0 Å². The maximum Gasteiger partial charge on any atom is 0.117 e. The summed E-state index contributed by atoms with van der Waals surface area (Å²) in [5.74, 6) is 2.01. The van der Waals surface area contributed by atoms with E-state index in [0.717, 1.165) is 24.2 Å². The van der Waals surface area contributed by atoms with Crippen molar-refractivity contribution in [2.45, 2.75) is 50.4 Å². The van der Waals surface area contributed by atoms with Crippen molar-refractivity contribution in [1.29, 1.82) is 10.5 Å². The Morgan fingerprint density at radius 2 is 1.61 bits per heavy atom. The van der Waals surface area contributed by atoms with Crippen LogP contribution in [0.1, 0.15) is 26.2 Å². The molecule has 118 valence electrons. The largest absolute Gasteiger partial charge is 0.353 e. The van der Waals surface area contributed by atoms with E-state index in [1.807, 2.05) is 12.2 Å². The third kappa shape index (κ3) is 2.09. The summed E-state index contributed by atoms with van der Waals surface area (Å²) >= 11 is 0. The number of likely N-dealkylation sites (tertiary alicyclic amines) is 2. The number of nitrogens with zero attached hydrogens (tertiary/aromatic N) is 4. The Balaban J connectivity index is 1.44. The summed E-state index contributed by atoms with van der Waals surface area (Å²) in [7, 11) is 0. The number of allylic oxidation sites excluding steroid dienone is 2. The fraction of sp³-hybridized carbons (Fsp3) is 0.579. The molecule has 7 atom stereocenters. The van der Waals surface area contributed by atoms with Gasteiger partial charge in [0.1, 0.15) is 12.1 Å². The number of piperidine rings is 2. The number of fused-ring (bicyclic) bond motifs is 2. The molecule has 4 nitrogen and oxygen atoms in total. The Labute approximate surface area is 138 Å². The highest BCUT2D eigenvalue weighted by Gasteiger charge is 2.58. The van der Waals surface area contributed by atoms with Crippen molar-refractivity contribution in [3.05, 3.63) is 36.7 Å². The summed E-state index contributed by atoms with van der Waals surface area (Å²) < 4.78 is 0. The third-order valence-electron chi connectivity index (χ3n) is 6.20. The first-order valence-electron chi connectivity index (χ1n) is 8.48. The van der Waals surface area contributed by atoms with Gasteiger partial charge in [-0.1, -0.05) is 20.1 Å². The highest BCUT2D eigenvalue weighted by Crippen LogP contribution is 2.54. The minimum atomic E-state index is -0.0435.